The lowest BCUT2D eigenvalue weighted by Gasteiger charge is -2.23. The zero-order valence-corrected chi connectivity index (χ0v) is 24.5. The van der Waals surface area contributed by atoms with Crippen LogP contribution in [0.25, 0.3) is 0 Å². The molecule has 0 radical (unpaired) electrons. The Hall–Kier alpha value is -2.95. The van der Waals surface area contributed by atoms with Crippen LogP contribution in [0.1, 0.15) is 107 Å². The molecule has 0 bridgehead atoms. The summed E-state index contributed by atoms with van der Waals surface area (Å²) < 4.78 is 12.9. The number of anilines is 1. The van der Waals surface area contributed by atoms with Gasteiger partial charge in [-0.2, -0.15) is 0 Å². The van der Waals surface area contributed by atoms with Crippen molar-refractivity contribution in [2.75, 3.05) is 18.5 Å². The first kappa shape index (κ1) is 28.1. The first-order valence-corrected chi connectivity index (χ1v) is 14.5. The number of aromatic nitrogens is 1. The molecule has 4 rings (SSSR count). The number of pyridine rings is 1. The minimum absolute atomic E-state index is 0.381. The molecule has 0 N–H and O–H groups in total. The van der Waals surface area contributed by atoms with Crippen LogP contribution in [0.4, 0.5) is 5.69 Å². The molecule has 1 aliphatic rings. The van der Waals surface area contributed by atoms with E-state index >= 15 is 0 Å². The predicted octanol–water partition coefficient (Wildman–Crippen LogP) is 7.86. The highest BCUT2D eigenvalue weighted by Gasteiger charge is 2.39. The molecule has 2 aromatic carbocycles. The quantitative estimate of drug-likeness (QED) is 0.183. The van der Waals surface area contributed by atoms with Gasteiger partial charge in [-0.15, -0.1) is 0 Å². The Labute approximate surface area is 230 Å². The number of hydrogen-bond acceptors (Lipinski definition) is 4. The number of unbranched alkanes of at least 4 members (excludes halogenated alkanes) is 3. The van der Waals surface area contributed by atoms with Crippen LogP contribution < -0.4 is 19.7 Å². The SMILES string of the molecule is CC(C)c1cc(C(C)C)c(B2Oc3ccc(CCCCCCN(C)c4ccncc4)cc3O2)c(C(C)C)c1. The van der Waals surface area contributed by atoms with Crippen LogP contribution in [-0.2, 0) is 6.42 Å². The van der Waals surface area contributed by atoms with Gasteiger partial charge in [0, 0.05) is 37.1 Å². The van der Waals surface area contributed by atoms with E-state index in [2.05, 4.69) is 101 Å². The first-order valence-electron chi connectivity index (χ1n) is 14.5. The van der Waals surface area contributed by atoms with Gasteiger partial charge in [0.15, 0.2) is 0 Å². The summed E-state index contributed by atoms with van der Waals surface area (Å²) in [5.74, 6) is 3.03. The van der Waals surface area contributed by atoms with Crippen LogP contribution in [0.3, 0.4) is 0 Å². The van der Waals surface area contributed by atoms with Crippen molar-refractivity contribution in [1.82, 2.24) is 4.98 Å². The summed E-state index contributed by atoms with van der Waals surface area (Å²) in [5.41, 5.74) is 7.85. The molecule has 5 heteroatoms. The summed E-state index contributed by atoms with van der Waals surface area (Å²) in [6.07, 6.45) is 9.65. The van der Waals surface area contributed by atoms with Gasteiger partial charge in [0.2, 0.25) is 0 Å². The lowest BCUT2D eigenvalue weighted by atomic mass is 9.68. The molecule has 0 unspecified atom stereocenters. The van der Waals surface area contributed by atoms with Crippen molar-refractivity contribution < 1.29 is 9.31 Å². The van der Waals surface area contributed by atoms with E-state index in [4.69, 9.17) is 9.31 Å². The Morgan fingerprint density at radius 1 is 0.737 bits per heavy atom. The highest BCUT2D eigenvalue weighted by molar-refractivity contribution is 6.64. The van der Waals surface area contributed by atoms with Crippen LogP contribution in [0.5, 0.6) is 11.5 Å². The fourth-order valence-electron chi connectivity index (χ4n) is 5.31. The van der Waals surface area contributed by atoms with Gasteiger partial charge < -0.3 is 14.2 Å². The van der Waals surface area contributed by atoms with E-state index < -0.39 is 0 Å². The molecule has 0 atom stereocenters. The summed E-state index contributed by atoms with van der Waals surface area (Å²) in [7, 11) is 1.77. The highest BCUT2D eigenvalue weighted by atomic mass is 16.6. The topological polar surface area (TPSA) is 34.6 Å². The molecule has 202 valence electrons. The van der Waals surface area contributed by atoms with Gasteiger partial charge in [0.1, 0.15) is 11.5 Å². The van der Waals surface area contributed by atoms with E-state index in [0.29, 0.717) is 17.8 Å². The molecular formula is C33H45BN2O2. The molecule has 1 aliphatic heterocycles. The van der Waals surface area contributed by atoms with Crippen molar-refractivity contribution >= 4 is 18.3 Å². The third kappa shape index (κ3) is 6.73. The van der Waals surface area contributed by atoms with Crippen molar-refractivity contribution in [3.63, 3.8) is 0 Å². The Morgan fingerprint density at radius 3 is 2.00 bits per heavy atom. The zero-order valence-electron chi connectivity index (χ0n) is 24.5. The normalized spacial score (nSPS) is 12.7. The number of hydrogen-bond donors (Lipinski definition) is 0. The first-order chi connectivity index (χ1) is 18.2. The minimum Gasteiger partial charge on any atom is -0.519 e. The lowest BCUT2D eigenvalue weighted by molar-refractivity contribution is 0.516. The number of benzene rings is 2. The Balaban J connectivity index is 1.35. The second-order valence-electron chi connectivity index (χ2n) is 11.7. The highest BCUT2D eigenvalue weighted by Crippen LogP contribution is 2.36. The second kappa shape index (κ2) is 12.7. The van der Waals surface area contributed by atoms with Crippen LogP contribution >= 0.6 is 0 Å². The monoisotopic (exact) mass is 512 g/mol. The number of rotatable bonds is 12. The summed E-state index contributed by atoms with van der Waals surface area (Å²) in [4.78, 5) is 6.41. The molecular weight excluding hydrogens is 467 g/mol. The molecule has 4 nitrogen and oxygen atoms in total. The summed E-state index contributed by atoms with van der Waals surface area (Å²) in [6, 6.07) is 15.4. The third-order valence-electron chi connectivity index (χ3n) is 7.70. The summed E-state index contributed by atoms with van der Waals surface area (Å²) >= 11 is 0. The van der Waals surface area contributed by atoms with Crippen LogP contribution in [0.2, 0.25) is 0 Å². The largest absolute Gasteiger partial charge is 0.633 e. The van der Waals surface area contributed by atoms with E-state index in [1.54, 1.807) is 0 Å². The fraction of sp³-hybridized carbons (Fsp3) is 0.485. The Morgan fingerprint density at radius 2 is 1.37 bits per heavy atom. The maximum Gasteiger partial charge on any atom is 0.633 e. The molecule has 38 heavy (non-hydrogen) atoms. The van der Waals surface area contributed by atoms with Crippen molar-refractivity contribution in [3.05, 3.63) is 77.1 Å². The molecule has 1 aromatic heterocycles. The molecule has 0 saturated carbocycles. The maximum atomic E-state index is 6.50. The van der Waals surface area contributed by atoms with Gasteiger partial charge in [0.05, 0.1) is 0 Å². The van der Waals surface area contributed by atoms with Gasteiger partial charge in [-0.05, 0) is 83.5 Å². The Bertz CT molecular complexity index is 1160. The van der Waals surface area contributed by atoms with Crippen molar-refractivity contribution in [2.24, 2.45) is 0 Å². The minimum atomic E-state index is -0.381. The number of nitrogens with zero attached hydrogens (tertiary/aromatic N) is 2. The van der Waals surface area contributed by atoms with Gasteiger partial charge in [-0.25, -0.2) is 0 Å². The number of aryl methyl sites for hydroxylation is 1. The van der Waals surface area contributed by atoms with Crippen LogP contribution in [0, 0.1) is 0 Å². The van der Waals surface area contributed by atoms with Gasteiger partial charge in [0.25, 0.3) is 0 Å². The molecule has 0 aliphatic carbocycles. The van der Waals surface area contributed by atoms with E-state index in [1.165, 1.54) is 59.1 Å². The van der Waals surface area contributed by atoms with Gasteiger partial charge in [-0.1, -0.05) is 72.6 Å². The molecule has 2 heterocycles. The average molecular weight is 513 g/mol. The van der Waals surface area contributed by atoms with Gasteiger partial charge in [-0.3, -0.25) is 4.98 Å². The van der Waals surface area contributed by atoms with Crippen molar-refractivity contribution in [3.8, 4) is 11.5 Å². The number of fused-ring (bicyclic) bond motifs is 1. The van der Waals surface area contributed by atoms with E-state index in [1.807, 2.05) is 12.4 Å². The third-order valence-corrected chi connectivity index (χ3v) is 7.70. The van der Waals surface area contributed by atoms with Gasteiger partial charge >= 0.3 is 7.12 Å². The Kier molecular flexibility index (Phi) is 9.41. The molecule has 0 saturated heterocycles. The van der Waals surface area contributed by atoms with E-state index in [9.17, 15) is 0 Å². The molecule has 0 amide bonds. The average Bonchev–Trinajstić information content (AvgIpc) is 3.33. The van der Waals surface area contributed by atoms with Crippen molar-refractivity contribution in [1.29, 1.82) is 0 Å². The van der Waals surface area contributed by atoms with Crippen LogP contribution in [-0.4, -0.2) is 25.7 Å². The maximum absolute atomic E-state index is 6.50. The standard InChI is InChI=1S/C33H45BN2O2/c1-23(2)27-21-29(24(3)4)33(30(22-27)25(5)6)34-37-31-14-13-26(20-32(31)38-34)12-10-8-9-11-19-36(7)28-15-17-35-18-16-28/h13-18,20-25H,8-12,19H2,1-7H3. The summed E-state index contributed by atoms with van der Waals surface area (Å²) in [5, 5.41) is 0. The zero-order chi connectivity index (χ0) is 27.2. The lowest BCUT2D eigenvalue weighted by Crippen LogP contribution is -2.44. The molecule has 0 spiro atoms. The molecule has 0 fully saturated rings. The van der Waals surface area contributed by atoms with E-state index in [0.717, 1.165) is 24.5 Å². The molecule has 3 aromatic rings. The summed E-state index contributed by atoms with van der Waals surface area (Å²) in [6.45, 7) is 14.7. The second-order valence-corrected chi connectivity index (χ2v) is 11.7. The predicted molar refractivity (Wildman–Crippen MR) is 161 cm³/mol. The smallest absolute Gasteiger partial charge is 0.519 e. The fourth-order valence-corrected chi connectivity index (χ4v) is 5.31. The van der Waals surface area contributed by atoms with E-state index in [-0.39, 0.29) is 7.12 Å². The van der Waals surface area contributed by atoms with Crippen LogP contribution in [0.15, 0.2) is 54.9 Å². The van der Waals surface area contributed by atoms with Crippen molar-refractivity contribution in [2.45, 2.75) is 91.4 Å².